The second-order valence-electron chi connectivity index (χ2n) is 3.68. The van der Waals surface area contributed by atoms with Gasteiger partial charge in [-0.1, -0.05) is 48.5 Å². The zero-order valence-corrected chi connectivity index (χ0v) is 8.72. The fraction of sp³-hybridized carbons (Fsp3) is 0. The van der Waals surface area contributed by atoms with Gasteiger partial charge < -0.3 is 0 Å². The van der Waals surface area contributed by atoms with Crippen LogP contribution in [0, 0.1) is 6.07 Å². The number of benzene rings is 2. The molecule has 0 amide bonds. The number of rotatable bonds is 1. The van der Waals surface area contributed by atoms with Crippen molar-refractivity contribution in [2.24, 2.45) is 0 Å². The van der Waals surface area contributed by atoms with E-state index in [0.29, 0.717) is 0 Å². The molecule has 0 saturated heterocycles. The summed E-state index contributed by atoms with van der Waals surface area (Å²) >= 11 is 0. The van der Waals surface area contributed by atoms with E-state index < -0.39 is 0 Å². The van der Waals surface area contributed by atoms with Gasteiger partial charge in [0, 0.05) is 10.9 Å². The van der Waals surface area contributed by atoms with Gasteiger partial charge in [0.05, 0.1) is 11.2 Å². The highest BCUT2D eigenvalue weighted by molar-refractivity contribution is 5.81. The minimum absolute atomic E-state index is 0.990. The largest absolute Gasteiger partial charge is 0.248 e. The Hall–Kier alpha value is -2.15. The lowest BCUT2D eigenvalue weighted by Gasteiger charge is -2.02. The van der Waals surface area contributed by atoms with E-state index in [1.807, 2.05) is 36.4 Å². The van der Waals surface area contributed by atoms with E-state index in [0.717, 1.165) is 22.2 Å². The number of aromatic nitrogens is 1. The van der Waals surface area contributed by atoms with Crippen LogP contribution >= 0.6 is 0 Å². The van der Waals surface area contributed by atoms with Crippen LogP contribution < -0.4 is 0 Å². The van der Waals surface area contributed by atoms with Crippen molar-refractivity contribution in [1.29, 1.82) is 0 Å². The van der Waals surface area contributed by atoms with E-state index in [9.17, 15) is 0 Å². The van der Waals surface area contributed by atoms with Crippen LogP contribution in [-0.2, 0) is 0 Å². The minimum Gasteiger partial charge on any atom is -0.248 e. The Morgan fingerprint density at radius 1 is 0.875 bits per heavy atom. The first-order valence-electron chi connectivity index (χ1n) is 5.26. The smallest absolute Gasteiger partial charge is 0.0715 e. The van der Waals surface area contributed by atoms with Crippen molar-refractivity contribution >= 4 is 10.9 Å². The molecule has 0 aliphatic heterocycles. The van der Waals surface area contributed by atoms with Crippen molar-refractivity contribution in [3.63, 3.8) is 0 Å². The summed E-state index contributed by atoms with van der Waals surface area (Å²) in [6.07, 6.45) is 0. The maximum atomic E-state index is 4.61. The van der Waals surface area contributed by atoms with Gasteiger partial charge in [-0.15, -0.1) is 0 Å². The Kier molecular flexibility index (Phi) is 2.15. The quantitative estimate of drug-likeness (QED) is 0.589. The third kappa shape index (κ3) is 1.57. The van der Waals surface area contributed by atoms with Gasteiger partial charge in [-0.25, -0.2) is 4.98 Å². The Morgan fingerprint density at radius 3 is 2.62 bits per heavy atom. The molecule has 0 atom stereocenters. The van der Waals surface area contributed by atoms with Gasteiger partial charge in [-0.2, -0.15) is 0 Å². The molecule has 1 radical (unpaired) electrons. The number of pyridine rings is 1. The lowest BCUT2D eigenvalue weighted by atomic mass is 10.1. The van der Waals surface area contributed by atoms with Gasteiger partial charge in [-0.3, -0.25) is 0 Å². The van der Waals surface area contributed by atoms with Gasteiger partial charge in [-0.05, 0) is 18.2 Å². The number of fused-ring (bicyclic) bond motifs is 1. The molecule has 0 N–H and O–H groups in total. The second kappa shape index (κ2) is 3.78. The highest BCUT2D eigenvalue weighted by Gasteiger charge is 1.99. The summed E-state index contributed by atoms with van der Waals surface area (Å²) in [7, 11) is 0. The van der Waals surface area contributed by atoms with Crippen molar-refractivity contribution in [1.82, 2.24) is 4.98 Å². The van der Waals surface area contributed by atoms with Crippen LogP contribution in [0.15, 0.2) is 60.7 Å². The van der Waals surface area contributed by atoms with E-state index in [-0.39, 0.29) is 0 Å². The van der Waals surface area contributed by atoms with E-state index in [1.165, 1.54) is 0 Å². The van der Waals surface area contributed by atoms with Crippen molar-refractivity contribution in [3.05, 3.63) is 66.7 Å². The van der Waals surface area contributed by atoms with Crippen LogP contribution in [0.3, 0.4) is 0 Å². The molecular weight excluding hydrogens is 194 g/mol. The highest BCUT2D eigenvalue weighted by atomic mass is 14.7. The zero-order valence-electron chi connectivity index (χ0n) is 8.72. The molecule has 16 heavy (non-hydrogen) atoms. The SMILES string of the molecule is [c]1ccc2ccc(-c3ccccc3)nc2c1. The van der Waals surface area contributed by atoms with Crippen LogP contribution in [0.1, 0.15) is 0 Å². The zero-order chi connectivity index (χ0) is 10.8. The number of hydrogen-bond acceptors (Lipinski definition) is 1. The second-order valence-corrected chi connectivity index (χ2v) is 3.68. The van der Waals surface area contributed by atoms with E-state index in [4.69, 9.17) is 0 Å². The van der Waals surface area contributed by atoms with Crippen LogP contribution in [0.4, 0.5) is 0 Å². The summed E-state index contributed by atoms with van der Waals surface area (Å²) in [6, 6.07) is 23.3. The Morgan fingerprint density at radius 2 is 1.75 bits per heavy atom. The molecule has 1 aromatic heterocycles. The van der Waals surface area contributed by atoms with Gasteiger partial charge >= 0.3 is 0 Å². The summed E-state index contributed by atoms with van der Waals surface area (Å²) in [5, 5.41) is 1.15. The minimum atomic E-state index is 0.990. The first-order valence-corrected chi connectivity index (χ1v) is 5.26. The molecule has 0 aliphatic carbocycles. The maximum Gasteiger partial charge on any atom is 0.0715 e. The van der Waals surface area contributed by atoms with E-state index >= 15 is 0 Å². The van der Waals surface area contributed by atoms with Crippen molar-refractivity contribution in [2.75, 3.05) is 0 Å². The molecule has 2 aromatic carbocycles. The lowest BCUT2D eigenvalue weighted by molar-refractivity contribution is 1.40. The fourth-order valence-corrected chi connectivity index (χ4v) is 1.78. The summed E-state index contributed by atoms with van der Waals surface area (Å²) in [5.41, 5.74) is 3.14. The van der Waals surface area contributed by atoms with Gasteiger partial charge in [0.25, 0.3) is 0 Å². The molecule has 1 heteroatoms. The molecular formula is C15H10N. The summed E-state index contributed by atoms with van der Waals surface area (Å²) in [5.74, 6) is 0. The Bertz CT molecular complexity index is 614. The first kappa shape index (κ1) is 9.10. The van der Waals surface area contributed by atoms with Crippen LogP contribution in [0.5, 0.6) is 0 Å². The molecule has 0 aliphatic rings. The fourth-order valence-electron chi connectivity index (χ4n) is 1.78. The topological polar surface area (TPSA) is 12.9 Å². The van der Waals surface area contributed by atoms with E-state index in [1.54, 1.807) is 0 Å². The van der Waals surface area contributed by atoms with Crippen molar-refractivity contribution in [2.45, 2.75) is 0 Å². The molecule has 3 rings (SSSR count). The third-order valence-corrected chi connectivity index (χ3v) is 2.61. The molecule has 1 heterocycles. The Balaban J connectivity index is 2.19. The van der Waals surface area contributed by atoms with Gasteiger partial charge in [0.15, 0.2) is 0 Å². The van der Waals surface area contributed by atoms with Gasteiger partial charge in [0.1, 0.15) is 0 Å². The van der Waals surface area contributed by atoms with Gasteiger partial charge in [0.2, 0.25) is 0 Å². The van der Waals surface area contributed by atoms with Crippen LogP contribution in [-0.4, -0.2) is 4.98 Å². The predicted octanol–water partition coefficient (Wildman–Crippen LogP) is 3.70. The molecule has 0 saturated carbocycles. The van der Waals surface area contributed by atoms with Crippen molar-refractivity contribution < 1.29 is 0 Å². The Labute approximate surface area is 94.4 Å². The lowest BCUT2D eigenvalue weighted by Crippen LogP contribution is -1.84. The molecule has 1 nitrogen and oxygen atoms in total. The third-order valence-electron chi connectivity index (χ3n) is 2.61. The number of hydrogen-bond donors (Lipinski definition) is 0. The molecule has 75 valence electrons. The normalized spacial score (nSPS) is 10.5. The highest BCUT2D eigenvalue weighted by Crippen LogP contribution is 2.20. The molecule has 0 bridgehead atoms. The standard InChI is InChI=1S/C15H10N/c1-2-6-12(7-3-1)15-11-10-13-8-4-5-9-14(13)16-15/h1-4,6-11H. The maximum absolute atomic E-state index is 4.61. The van der Waals surface area contributed by atoms with Crippen LogP contribution in [0.2, 0.25) is 0 Å². The molecule has 3 aromatic rings. The van der Waals surface area contributed by atoms with E-state index in [2.05, 4.69) is 35.3 Å². The molecule has 0 fully saturated rings. The average Bonchev–Trinajstić information content (AvgIpc) is 2.39. The summed E-state index contributed by atoms with van der Waals surface area (Å²) in [6.45, 7) is 0. The molecule has 0 unspecified atom stereocenters. The summed E-state index contributed by atoms with van der Waals surface area (Å²) < 4.78 is 0. The monoisotopic (exact) mass is 204 g/mol. The molecule has 0 spiro atoms. The van der Waals surface area contributed by atoms with Crippen LogP contribution in [0.25, 0.3) is 22.2 Å². The predicted molar refractivity (Wildman–Crippen MR) is 66.0 cm³/mol. The van der Waals surface area contributed by atoms with Crippen molar-refractivity contribution in [3.8, 4) is 11.3 Å². The number of nitrogens with zero attached hydrogens (tertiary/aromatic N) is 1. The first-order chi connectivity index (χ1) is 7.93. The summed E-state index contributed by atoms with van der Waals surface area (Å²) in [4.78, 5) is 4.61. The average molecular weight is 204 g/mol.